The van der Waals surface area contributed by atoms with Gasteiger partial charge in [-0.05, 0) is 33.6 Å². The quantitative estimate of drug-likeness (QED) is 0.845. The normalized spacial score (nSPS) is 21.4. The number of carbonyl (C=O) groups is 1. The van der Waals surface area contributed by atoms with Gasteiger partial charge in [-0.3, -0.25) is 0 Å². The van der Waals surface area contributed by atoms with E-state index in [2.05, 4.69) is 0 Å². The fraction of sp³-hybridized carbons (Fsp3) is 0.917. The predicted octanol–water partition coefficient (Wildman–Crippen LogP) is 2.11. The summed E-state index contributed by atoms with van der Waals surface area (Å²) < 4.78 is 5.36. The van der Waals surface area contributed by atoms with E-state index >= 15 is 0 Å². The van der Waals surface area contributed by atoms with Gasteiger partial charge in [0.2, 0.25) is 0 Å². The number of ether oxygens (including phenoxy) is 1. The average molecular weight is 261 g/mol. The van der Waals surface area contributed by atoms with Crippen molar-refractivity contribution in [2.24, 2.45) is 0 Å². The highest BCUT2D eigenvalue weighted by Crippen LogP contribution is 2.23. The minimum atomic E-state index is -0.428. The number of piperidine rings is 1. The smallest absolute Gasteiger partial charge is 0.410 e. The Balaban J connectivity index is 2.40. The van der Waals surface area contributed by atoms with E-state index in [4.69, 9.17) is 9.84 Å². The highest BCUT2D eigenvalue weighted by molar-refractivity contribution is 7.99. The SMILES string of the molecule is CC(C)(C)OC(=O)N1CCC[C@@H](SCCO)C1. The molecular formula is C12H23NO3S. The molecule has 100 valence electrons. The average Bonchev–Trinajstić information content (AvgIpc) is 2.24. The van der Waals surface area contributed by atoms with Crippen molar-refractivity contribution >= 4 is 17.9 Å². The Hall–Kier alpha value is -0.420. The highest BCUT2D eigenvalue weighted by Gasteiger charge is 2.27. The van der Waals surface area contributed by atoms with Crippen LogP contribution in [0.2, 0.25) is 0 Å². The lowest BCUT2D eigenvalue weighted by atomic mass is 10.1. The van der Waals surface area contributed by atoms with Crippen LogP contribution in [-0.4, -0.2) is 52.4 Å². The van der Waals surface area contributed by atoms with E-state index in [9.17, 15) is 4.79 Å². The van der Waals surface area contributed by atoms with Gasteiger partial charge in [-0.2, -0.15) is 11.8 Å². The topological polar surface area (TPSA) is 49.8 Å². The van der Waals surface area contributed by atoms with Gasteiger partial charge in [0, 0.05) is 24.1 Å². The summed E-state index contributed by atoms with van der Waals surface area (Å²) in [6.07, 6.45) is 1.92. The van der Waals surface area contributed by atoms with Crippen LogP contribution in [0.1, 0.15) is 33.6 Å². The third kappa shape index (κ3) is 5.64. The highest BCUT2D eigenvalue weighted by atomic mass is 32.2. The first-order valence-electron chi connectivity index (χ1n) is 6.13. The molecule has 1 amide bonds. The van der Waals surface area contributed by atoms with Crippen LogP contribution < -0.4 is 0 Å². The summed E-state index contributed by atoms with van der Waals surface area (Å²) in [6, 6.07) is 0. The first kappa shape index (κ1) is 14.6. The van der Waals surface area contributed by atoms with Gasteiger partial charge >= 0.3 is 6.09 Å². The van der Waals surface area contributed by atoms with E-state index in [-0.39, 0.29) is 12.7 Å². The summed E-state index contributed by atoms with van der Waals surface area (Å²) >= 11 is 1.74. The standard InChI is InChI=1S/C12H23NO3S/c1-12(2,3)16-11(15)13-6-4-5-10(9-13)17-8-7-14/h10,14H,4-9H2,1-3H3/t10-/m1/s1. The molecule has 0 aromatic rings. The minimum Gasteiger partial charge on any atom is -0.444 e. The lowest BCUT2D eigenvalue weighted by molar-refractivity contribution is 0.0220. The summed E-state index contributed by atoms with van der Waals surface area (Å²) in [6.45, 7) is 7.37. The summed E-state index contributed by atoms with van der Waals surface area (Å²) in [5.41, 5.74) is -0.428. The van der Waals surface area contributed by atoms with Gasteiger partial charge in [0.15, 0.2) is 0 Å². The molecule has 0 aromatic heterocycles. The molecule has 0 spiro atoms. The molecule has 0 saturated carbocycles. The van der Waals surface area contributed by atoms with Crippen LogP contribution in [0.3, 0.4) is 0 Å². The van der Waals surface area contributed by atoms with Gasteiger partial charge in [-0.25, -0.2) is 4.79 Å². The van der Waals surface area contributed by atoms with Crippen LogP contribution in [0.4, 0.5) is 4.79 Å². The Morgan fingerprint density at radius 3 is 2.82 bits per heavy atom. The van der Waals surface area contributed by atoms with Crippen molar-refractivity contribution in [1.82, 2.24) is 4.90 Å². The molecule has 1 N–H and O–H groups in total. The van der Waals surface area contributed by atoms with E-state index in [0.717, 1.165) is 31.7 Å². The van der Waals surface area contributed by atoms with E-state index in [1.54, 1.807) is 16.7 Å². The third-order valence-corrected chi connectivity index (χ3v) is 3.75. The molecule has 5 heteroatoms. The number of aliphatic hydroxyl groups excluding tert-OH is 1. The molecule has 0 aromatic carbocycles. The second kappa shape index (κ2) is 6.50. The number of likely N-dealkylation sites (tertiary alicyclic amines) is 1. The molecule has 1 aliphatic heterocycles. The summed E-state index contributed by atoms with van der Waals surface area (Å²) in [5, 5.41) is 9.23. The monoisotopic (exact) mass is 261 g/mol. The van der Waals surface area contributed by atoms with Crippen LogP contribution >= 0.6 is 11.8 Å². The van der Waals surface area contributed by atoms with E-state index in [1.807, 2.05) is 20.8 Å². The molecule has 17 heavy (non-hydrogen) atoms. The molecule has 1 rings (SSSR count). The molecule has 0 aliphatic carbocycles. The largest absolute Gasteiger partial charge is 0.444 e. The van der Waals surface area contributed by atoms with Crippen molar-refractivity contribution in [3.05, 3.63) is 0 Å². The van der Waals surface area contributed by atoms with Crippen molar-refractivity contribution in [3.8, 4) is 0 Å². The fourth-order valence-electron chi connectivity index (χ4n) is 1.79. The Kier molecular flexibility index (Phi) is 5.59. The zero-order valence-corrected chi connectivity index (χ0v) is 11.8. The van der Waals surface area contributed by atoms with Gasteiger partial charge in [-0.1, -0.05) is 0 Å². The van der Waals surface area contributed by atoms with Gasteiger partial charge in [0.1, 0.15) is 5.60 Å². The molecule has 1 saturated heterocycles. The number of amides is 1. The molecule has 1 fully saturated rings. The van der Waals surface area contributed by atoms with Crippen molar-refractivity contribution in [3.63, 3.8) is 0 Å². The van der Waals surface area contributed by atoms with Crippen molar-refractivity contribution < 1.29 is 14.6 Å². The van der Waals surface area contributed by atoms with Gasteiger partial charge in [-0.15, -0.1) is 0 Å². The van der Waals surface area contributed by atoms with E-state index in [0.29, 0.717) is 5.25 Å². The lowest BCUT2D eigenvalue weighted by Crippen LogP contribution is -2.43. The zero-order chi connectivity index (χ0) is 12.9. The van der Waals surface area contributed by atoms with Crippen molar-refractivity contribution in [2.75, 3.05) is 25.4 Å². The molecule has 1 aliphatic rings. The molecule has 0 bridgehead atoms. The zero-order valence-electron chi connectivity index (χ0n) is 10.9. The van der Waals surface area contributed by atoms with Crippen LogP contribution in [-0.2, 0) is 4.74 Å². The maximum Gasteiger partial charge on any atom is 0.410 e. The first-order chi connectivity index (χ1) is 7.92. The van der Waals surface area contributed by atoms with Crippen molar-refractivity contribution in [1.29, 1.82) is 0 Å². The number of thioether (sulfide) groups is 1. The second-order valence-corrected chi connectivity index (χ2v) is 6.69. The number of aliphatic hydroxyl groups is 1. The van der Waals surface area contributed by atoms with Crippen LogP contribution in [0.5, 0.6) is 0 Å². The Labute approximate surface area is 108 Å². The number of nitrogens with zero attached hydrogens (tertiary/aromatic N) is 1. The molecule has 4 nitrogen and oxygen atoms in total. The Morgan fingerprint density at radius 2 is 2.24 bits per heavy atom. The predicted molar refractivity (Wildman–Crippen MR) is 70.4 cm³/mol. The van der Waals surface area contributed by atoms with Crippen LogP contribution in [0, 0.1) is 0 Å². The van der Waals surface area contributed by atoms with Crippen LogP contribution in [0.25, 0.3) is 0 Å². The Morgan fingerprint density at radius 1 is 1.53 bits per heavy atom. The fourth-order valence-corrected chi connectivity index (χ4v) is 2.84. The molecule has 1 heterocycles. The third-order valence-electron chi connectivity index (χ3n) is 2.47. The van der Waals surface area contributed by atoms with Gasteiger partial charge in [0.05, 0.1) is 6.61 Å². The number of carbonyl (C=O) groups excluding carboxylic acids is 1. The molecular weight excluding hydrogens is 238 g/mol. The summed E-state index contributed by atoms with van der Waals surface area (Å²) in [4.78, 5) is 13.7. The minimum absolute atomic E-state index is 0.202. The molecule has 1 atom stereocenters. The second-order valence-electron chi connectivity index (χ2n) is 5.28. The van der Waals surface area contributed by atoms with E-state index < -0.39 is 5.60 Å². The van der Waals surface area contributed by atoms with Crippen LogP contribution in [0.15, 0.2) is 0 Å². The summed E-state index contributed by atoms with van der Waals surface area (Å²) in [5.74, 6) is 0.743. The first-order valence-corrected chi connectivity index (χ1v) is 7.17. The van der Waals surface area contributed by atoms with Gasteiger partial charge in [0.25, 0.3) is 0 Å². The van der Waals surface area contributed by atoms with E-state index in [1.165, 1.54) is 0 Å². The lowest BCUT2D eigenvalue weighted by Gasteiger charge is -2.33. The molecule has 0 radical (unpaired) electrons. The number of hydrogen-bond donors (Lipinski definition) is 1. The maximum atomic E-state index is 11.9. The number of rotatable bonds is 3. The summed E-state index contributed by atoms with van der Waals surface area (Å²) in [7, 11) is 0. The Bertz CT molecular complexity index is 253. The van der Waals surface area contributed by atoms with Crippen molar-refractivity contribution in [2.45, 2.75) is 44.5 Å². The van der Waals surface area contributed by atoms with Gasteiger partial charge < -0.3 is 14.7 Å². The maximum absolute atomic E-state index is 11.9. The number of hydrogen-bond acceptors (Lipinski definition) is 4. The molecule has 0 unspecified atom stereocenters.